The summed E-state index contributed by atoms with van der Waals surface area (Å²) < 4.78 is 0. The second-order valence-electron chi connectivity index (χ2n) is 3.81. The number of anilines is 1. The van der Waals surface area contributed by atoms with Gasteiger partial charge >= 0.3 is 0 Å². The van der Waals surface area contributed by atoms with Gasteiger partial charge in [-0.1, -0.05) is 11.6 Å². The van der Waals surface area contributed by atoms with Crippen molar-refractivity contribution in [3.8, 4) is 0 Å². The van der Waals surface area contributed by atoms with Crippen LogP contribution in [0.4, 0.5) is 11.5 Å². The first kappa shape index (κ1) is 13.9. The SMILES string of the molecule is C/C(=N/Nc1nccnc1Cl)c1ccc([N+](=O)[O-])cc1. The van der Waals surface area contributed by atoms with Gasteiger partial charge in [-0.25, -0.2) is 9.97 Å². The van der Waals surface area contributed by atoms with E-state index in [1.165, 1.54) is 24.5 Å². The molecule has 0 bridgehead atoms. The first-order chi connectivity index (χ1) is 9.58. The van der Waals surface area contributed by atoms with Gasteiger partial charge in [0.1, 0.15) is 0 Å². The third-order valence-electron chi connectivity index (χ3n) is 2.48. The zero-order chi connectivity index (χ0) is 14.5. The van der Waals surface area contributed by atoms with Crippen molar-refractivity contribution in [1.29, 1.82) is 0 Å². The highest BCUT2D eigenvalue weighted by molar-refractivity contribution is 6.31. The monoisotopic (exact) mass is 291 g/mol. The molecule has 0 fully saturated rings. The Morgan fingerprint density at radius 2 is 1.95 bits per heavy atom. The van der Waals surface area contributed by atoms with E-state index in [-0.39, 0.29) is 10.8 Å². The summed E-state index contributed by atoms with van der Waals surface area (Å²) >= 11 is 5.83. The van der Waals surface area contributed by atoms with E-state index in [4.69, 9.17) is 11.6 Å². The van der Waals surface area contributed by atoms with Gasteiger partial charge in [0.2, 0.25) is 0 Å². The van der Waals surface area contributed by atoms with Crippen molar-refractivity contribution in [1.82, 2.24) is 9.97 Å². The molecule has 0 aliphatic rings. The number of halogens is 1. The summed E-state index contributed by atoms with van der Waals surface area (Å²) in [6, 6.07) is 6.08. The van der Waals surface area contributed by atoms with Crippen LogP contribution in [0.5, 0.6) is 0 Å². The number of non-ortho nitro benzene ring substituents is 1. The molecule has 2 aromatic rings. The number of hydrogen-bond donors (Lipinski definition) is 1. The van der Waals surface area contributed by atoms with E-state index in [0.717, 1.165) is 5.56 Å². The van der Waals surface area contributed by atoms with Crippen molar-refractivity contribution in [3.05, 3.63) is 57.5 Å². The lowest BCUT2D eigenvalue weighted by molar-refractivity contribution is -0.384. The lowest BCUT2D eigenvalue weighted by Crippen LogP contribution is -2.02. The molecule has 0 radical (unpaired) electrons. The maximum atomic E-state index is 10.6. The molecule has 0 aliphatic heterocycles. The van der Waals surface area contributed by atoms with Crippen LogP contribution in [0.15, 0.2) is 41.8 Å². The van der Waals surface area contributed by atoms with Gasteiger partial charge in [-0.2, -0.15) is 5.10 Å². The van der Waals surface area contributed by atoms with E-state index in [2.05, 4.69) is 20.5 Å². The molecule has 0 unspecified atom stereocenters. The Kier molecular flexibility index (Phi) is 4.21. The zero-order valence-electron chi connectivity index (χ0n) is 10.4. The van der Waals surface area contributed by atoms with Gasteiger partial charge in [0, 0.05) is 24.5 Å². The summed E-state index contributed by atoms with van der Waals surface area (Å²) in [5, 5.41) is 14.9. The Bertz CT molecular complexity index is 657. The predicted octanol–water partition coefficient (Wildman–Crippen LogP) is 2.87. The Balaban J connectivity index is 2.14. The van der Waals surface area contributed by atoms with Gasteiger partial charge in [0.15, 0.2) is 11.0 Å². The molecule has 0 aliphatic carbocycles. The van der Waals surface area contributed by atoms with E-state index in [9.17, 15) is 10.1 Å². The summed E-state index contributed by atoms with van der Waals surface area (Å²) in [6.45, 7) is 1.76. The molecule has 2 rings (SSSR count). The van der Waals surface area contributed by atoms with Crippen LogP contribution in [0, 0.1) is 10.1 Å². The molecule has 0 saturated heterocycles. The van der Waals surface area contributed by atoms with Crippen molar-refractivity contribution < 1.29 is 4.92 Å². The number of nitro groups is 1. The maximum absolute atomic E-state index is 10.6. The van der Waals surface area contributed by atoms with Crippen molar-refractivity contribution in [2.45, 2.75) is 6.92 Å². The number of aromatic nitrogens is 2. The predicted molar refractivity (Wildman–Crippen MR) is 76.0 cm³/mol. The van der Waals surface area contributed by atoms with E-state index < -0.39 is 4.92 Å². The molecule has 1 N–H and O–H groups in total. The van der Waals surface area contributed by atoms with Crippen LogP contribution >= 0.6 is 11.6 Å². The van der Waals surface area contributed by atoms with Gasteiger partial charge in [0.25, 0.3) is 5.69 Å². The van der Waals surface area contributed by atoms with Crippen LogP contribution in [0.1, 0.15) is 12.5 Å². The van der Waals surface area contributed by atoms with Crippen LogP contribution in [0.3, 0.4) is 0 Å². The second-order valence-corrected chi connectivity index (χ2v) is 4.17. The minimum absolute atomic E-state index is 0.0338. The van der Waals surface area contributed by atoms with Gasteiger partial charge in [-0.05, 0) is 24.6 Å². The quantitative estimate of drug-likeness (QED) is 0.531. The molecule has 1 aromatic heterocycles. The Hall–Kier alpha value is -2.54. The third kappa shape index (κ3) is 3.27. The average Bonchev–Trinajstić information content (AvgIpc) is 2.46. The topological polar surface area (TPSA) is 93.3 Å². The molecule has 1 heterocycles. The van der Waals surface area contributed by atoms with Gasteiger partial charge in [-0.15, -0.1) is 0 Å². The smallest absolute Gasteiger partial charge is 0.259 e. The summed E-state index contributed by atoms with van der Waals surface area (Å²) in [5.41, 5.74) is 4.12. The molecule has 1 aromatic carbocycles. The molecule has 0 spiro atoms. The minimum atomic E-state index is -0.451. The standard InChI is InChI=1S/C12H10ClN5O2/c1-8(9-2-4-10(5-3-9)18(19)20)16-17-12-11(13)14-6-7-15-12/h2-7H,1H3,(H,15,17)/b16-8-. The van der Waals surface area contributed by atoms with Crippen molar-refractivity contribution in [2.24, 2.45) is 5.10 Å². The number of hydrogen-bond acceptors (Lipinski definition) is 6. The normalized spacial score (nSPS) is 11.2. The molecule has 0 saturated carbocycles. The lowest BCUT2D eigenvalue weighted by Gasteiger charge is -2.03. The second kappa shape index (κ2) is 6.07. The number of benzene rings is 1. The first-order valence-electron chi connectivity index (χ1n) is 5.59. The van der Waals surface area contributed by atoms with Crippen molar-refractivity contribution in [2.75, 3.05) is 5.43 Å². The highest BCUT2D eigenvalue weighted by atomic mass is 35.5. The summed E-state index contributed by atoms with van der Waals surface area (Å²) in [6.07, 6.45) is 2.96. The van der Waals surface area contributed by atoms with Crippen LogP contribution in [-0.2, 0) is 0 Å². The van der Waals surface area contributed by atoms with Gasteiger partial charge < -0.3 is 0 Å². The summed E-state index contributed by atoms with van der Waals surface area (Å²) in [7, 11) is 0. The van der Waals surface area contributed by atoms with Gasteiger partial charge in [0.05, 0.1) is 10.6 Å². The van der Waals surface area contributed by atoms with Crippen LogP contribution in [0.25, 0.3) is 0 Å². The highest BCUT2D eigenvalue weighted by Gasteiger charge is 2.06. The Morgan fingerprint density at radius 1 is 1.30 bits per heavy atom. The molecule has 7 nitrogen and oxygen atoms in total. The van der Waals surface area contributed by atoms with Crippen LogP contribution in [0.2, 0.25) is 5.15 Å². The molecule has 20 heavy (non-hydrogen) atoms. The van der Waals surface area contributed by atoms with E-state index in [1.54, 1.807) is 19.1 Å². The number of hydrazone groups is 1. The fraction of sp³-hybridized carbons (Fsp3) is 0.0833. The molecular weight excluding hydrogens is 282 g/mol. The molecule has 0 amide bonds. The van der Waals surface area contributed by atoms with Crippen LogP contribution in [-0.4, -0.2) is 20.6 Å². The number of nitro benzene ring substituents is 1. The van der Waals surface area contributed by atoms with Crippen molar-refractivity contribution in [3.63, 3.8) is 0 Å². The molecule has 102 valence electrons. The molecule has 0 atom stereocenters. The van der Waals surface area contributed by atoms with E-state index >= 15 is 0 Å². The number of nitrogens with zero attached hydrogens (tertiary/aromatic N) is 4. The number of rotatable bonds is 4. The lowest BCUT2D eigenvalue weighted by atomic mass is 10.1. The Morgan fingerprint density at radius 3 is 2.55 bits per heavy atom. The summed E-state index contributed by atoms with van der Waals surface area (Å²) in [5.74, 6) is 0.343. The fourth-order valence-electron chi connectivity index (χ4n) is 1.42. The minimum Gasteiger partial charge on any atom is -0.259 e. The third-order valence-corrected chi connectivity index (χ3v) is 2.76. The number of nitrogens with one attached hydrogen (secondary N) is 1. The Labute approximate surface area is 119 Å². The van der Waals surface area contributed by atoms with E-state index in [1.807, 2.05) is 0 Å². The average molecular weight is 292 g/mol. The summed E-state index contributed by atoms with van der Waals surface area (Å²) in [4.78, 5) is 17.9. The first-order valence-corrected chi connectivity index (χ1v) is 5.97. The van der Waals surface area contributed by atoms with Crippen LogP contribution < -0.4 is 5.43 Å². The van der Waals surface area contributed by atoms with Crippen molar-refractivity contribution >= 4 is 28.8 Å². The highest BCUT2D eigenvalue weighted by Crippen LogP contribution is 2.15. The fourth-order valence-corrected chi connectivity index (χ4v) is 1.57. The molecule has 8 heteroatoms. The largest absolute Gasteiger partial charge is 0.269 e. The zero-order valence-corrected chi connectivity index (χ0v) is 11.2. The molecular formula is C12H10ClN5O2. The maximum Gasteiger partial charge on any atom is 0.269 e. The van der Waals surface area contributed by atoms with Gasteiger partial charge in [-0.3, -0.25) is 15.5 Å². The van der Waals surface area contributed by atoms with E-state index in [0.29, 0.717) is 11.5 Å².